The number of rotatable bonds is 3. The second kappa shape index (κ2) is 5.26. The van der Waals surface area contributed by atoms with Crippen LogP contribution in [0.25, 0.3) is 10.8 Å². The molecule has 2 fully saturated rings. The first kappa shape index (κ1) is 16.2. The number of nitrogens with zero attached hydrogens (tertiary/aromatic N) is 1. The number of carbonyl (C=O) groups is 1. The molecule has 0 bridgehead atoms. The maximum Gasteiger partial charge on any atom is 0.256 e. The zero-order chi connectivity index (χ0) is 18.1. The molecule has 0 unspecified atom stereocenters. The Bertz CT molecular complexity index is 1050. The van der Waals surface area contributed by atoms with E-state index in [1.54, 1.807) is 30.3 Å². The molecule has 0 aliphatic carbocycles. The molecular formula is C18H18N2O5S. The molecule has 2 atom stereocenters. The molecule has 3 heterocycles. The van der Waals surface area contributed by atoms with E-state index in [-0.39, 0.29) is 29.9 Å². The van der Waals surface area contributed by atoms with Crippen LogP contribution in [-0.2, 0) is 14.8 Å². The number of amides is 1. The van der Waals surface area contributed by atoms with Crippen LogP contribution in [0, 0.1) is 11.3 Å². The van der Waals surface area contributed by atoms with Gasteiger partial charge < -0.3 is 15.2 Å². The molecule has 2 saturated heterocycles. The second-order valence-electron chi connectivity index (χ2n) is 7.32. The van der Waals surface area contributed by atoms with E-state index in [9.17, 15) is 18.3 Å². The summed E-state index contributed by atoms with van der Waals surface area (Å²) in [6.45, 7) is 1.34. The Morgan fingerprint density at radius 2 is 2.15 bits per heavy atom. The zero-order valence-electron chi connectivity index (χ0n) is 13.9. The molecule has 0 aromatic heterocycles. The lowest BCUT2D eigenvalue weighted by atomic mass is 9.82. The molecule has 3 aliphatic heterocycles. The van der Waals surface area contributed by atoms with Crippen LogP contribution in [0.1, 0.15) is 10.4 Å². The minimum absolute atomic E-state index is 0.00213. The van der Waals surface area contributed by atoms with E-state index in [2.05, 4.69) is 5.32 Å². The minimum Gasteiger partial charge on any atom is -0.396 e. The molecule has 7 nitrogen and oxygen atoms in total. The summed E-state index contributed by atoms with van der Waals surface area (Å²) >= 11 is 0. The lowest BCUT2D eigenvalue weighted by Gasteiger charge is -2.24. The summed E-state index contributed by atoms with van der Waals surface area (Å²) in [5.41, 5.74) is 0.616. The lowest BCUT2D eigenvalue weighted by Crippen LogP contribution is -2.36. The van der Waals surface area contributed by atoms with Crippen molar-refractivity contribution in [1.29, 1.82) is 0 Å². The molecule has 3 aliphatic rings. The van der Waals surface area contributed by atoms with Gasteiger partial charge in [0.1, 0.15) is 0 Å². The number of hydrogen-bond acceptors (Lipinski definition) is 5. The Balaban J connectivity index is 1.63. The maximum atomic E-state index is 13.4. The predicted octanol–water partition coefficient (Wildman–Crippen LogP) is 1.03. The van der Waals surface area contributed by atoms with Crippen molar-refractivity contribution >= 4 is 32.4 Å². The van der Waals surface area contributed by atoms with Crippen LogP contribution in [-0.4, -0.2) is 56.6 Å². The number of ether oxygens (including phenoxy) is 1. The van der Waals surface area contributed by atoms with Gasteiger partial charge in [-0.1, -0.05) is 12.1 Å². The summed E-state index contributed by atoms with van der Waals surface area (Å²) in [4.78, 5) is 12.3. The van der Waals surface area contributed by atoms with Crippen LogP contribution in [0.3, 0.4) is 0 Å². The van der Waals surface area contributed by atoms with Crippen molar-refractivity contribution < 1.29 is 23.1 Å². The summed E-state index contributed by atoms with van der Waals surface area (Å²) in [6.07, 6.45) is 0. The van der Waals surface area contributed by atoms with Gasteiger partial charge in [0, 0.05) is 46.4 Å². The molecule has 2 aromatic carbocycles. The largest absolute Gasteiger partial charge is 0.396 e. The average molecular weight is 374 g/mol. The van der Waals surface area contributed by atoms with Crippen LogP contribution in [0.15, 0.2) is 35.2 Å². The number of anilines is 1. The van der Waals surface area contributed by atoms with Crippen LogP contribution < -0.4 is 5.32 Å². The van der Waals surface area contributed by atoms with E-state index in [1.165, 1.54) is 4.31 Å². The Morgan fingerprint density at radius 3 is 2.92 bits per heavy atom. The number of sulfonamides is 1. The highest BCUT2D eigenvalue weighted by Gasteiger charge is 2.53. The van der Waals surface area contributed by atoms with Crippen LogP contribution in [0.2, 0.25) is 0 Å². The van der Waals surface area contributed by atoms with Crippen LogP contribution in [0.5, 0.6) is 0 Å². The molecule has 2 aromatic rings. The number of aliphatic hydroxyl groups is 1. The predicted molar refractivity (Wildman–Crippen MR) is 94.5 cm³/mol. The van der Waals surface area contributed by atoms with E-state index in [1.807, 2.05) is 0 Å². The Labute approximate surface area is 150 Å². The molecule has 1 amide bonds. The van der Waals surface area contributed by atoms with Crippen LogP contribution in [0.4, 0.5) is 5.69 Å². The normalized spacial score (nSPS) is 27.9. The maximum absolute atomic E-state index is 13.4. The first-order valence-electron chi connectivity index (χ1n) is 8.52. The summed E-state index contributed by atoms with van der Waals surface area (Å²) in [7, 11) is -3.75. The van der Waals surface area contributed by atoms with Gasteiger partial charge in [0.05, 0.1) is 24.7 Å². The van der Waals surface area contributed by atoms with E-state index in [4.69, 9.17) is 4.74 Å². The fourth-order valence-corrected chi connectivity index (χ4v) is 6.19. The number of aliphatic hydroxyl groups excluding tert-OH is 1. The van der Waals surface area contributed by atoms with E-state index in [0.717, 1.165) is 0 Å². The van der Waals surface area contributed by atoms with Gasteiger partial charge in [0.15, 0.2) is 0 Å². The number of fused-ring (bicyclic) bond motifs is 1. The summed E-state index contributed by atoms with van der Waals surface area (Å²) in [5, 5.41) is 13.8. The van der Waals surface area contributed by atoms with Gasteiger partial charge in [0.25, 0.3) is 5.91 Å². The highest BCUT2D eigenvalue weighted by atomic mass is 32.2. The van der Waals surface area contributed by atoms with Crippen molar-refractivity contribution in [3.63, 3.8) is 0 Å². The van der Waals surface area contributed by atoms with Gasteiger partial charge in [-0.3, -0.25) is 4.79 Å². The zero-order valence-corrected chi connectivity index (χ0v) is 14.8. The average Bonchev–Trinajstić information content (AvgIpc) is 3.27. The van der Waals surface area contributed by atoms with Crippen LogP contribution >= 0.6 is 0 Å². The quantitative estimate of drug-likeness (QED) is 0.837. The first-order chi connectivity index (χ1) is 12.5. The second-order valence-corrected chi connectivity index (χ2v) is 9.23. The molecule has 0 spiro atoms. The Morgan fingerprint density at radius 1 is 1.31 bits per heavy atom. The Hall–Kier alpha value is -2.00. The van der Waals surface area contributed by atoms with Crippen molar-refractivity contribution in [3.05, 3.63) is 35.9 Å². The third kappa shape index (κ3) is 1.98. The summed E-state index contributed by atoms with van der Waals surface area (Å²) in [6, 6.07) is 8.33. The number of benzene rings is 2. The number of hydrogen-bond donors (Lipinski definition) is 2. The molecule has 0 saturated carbocycles. The molecule has 8 heteroatoms. The van der Waals surface area contributed by atoms with Crippen molar-refractivity contribution in [2.45, 2.75) is 4.90 Å². The van der Waals surface area contributed by atoms with Gasteiger partial charge in [-0.25, -0.2) is 8.42 Å². The monoisotopic (exact) mass is 374 g/mol. The highest BCUT2D eigenvalue weighted by Crippen LogP contribution is 2.44. The van der Waals surface area contributed by atoms with Gasteiger partial charge in [-0.2, -0.15) is 4.31 Å². The fourth-order valence-electron chi connectivity index (χ4n) is 4.42. The van der Waals surface area contributed by atoms with E-state index < -0.39 is 15.4 Å². The summed E-state index contributed by atoms with van der Waals surface area (Å²) < 4.78 is 33.6. The van der Waals surface area contributed by atoms with Crippen molar-refractivity contribution in [2.24, 2.45) is 11.3 Å². The third-order valence-electron chi connectivity index (χ3n) is 5.92. The van der Waals surface area contributed by atoms with E-state index in [0.29, 0.717) is 41.8 Å². The van der Waals surface area contributed by atoms with Gasteiger partial charge in [-0.05, 0) is 18.2 Å². The van der Waals surface area contributed by atoms with Crippen molar-refractivity contribution in [3.8, 4) is 0 Å². The highest BCUT2D eigenvalue weighted by molar-refractivity contribution is 7.89. The van der Waals surface area contributed by atoms with Gasteiger partial charge >= 0.3 is 0 Å². The molecular weight excluding hydrogens is 356 g/mol. The molecule has 0 radical (unpaired) electrons. The van der Waals surface area contributed by atoms with Crippen molar-refractivity contribution in [2.75, 3.05) is 38.2 Å². The number of nitrogens with one attached hydrogen (secondary N) is 1. The lowest BCUT2D eigenvalue weighted by molar-refractivity contribution is 0.0905. The van der Waals surface area contributed by atoms with Gasteiger partial charge in [0.2, 0.25) is 10.0 Å². The standard InChI is InChI=1S/C18H18N2O5S/c21-9-18-8-20(6-11(18)7-25-10-18)26(23,24)15-5-4-14-16-12(15)2-1-3-13(16)17(22)19-14/h1-5,11,21H,6-10H2,(H,19,22)/t11-,18-/m0/s1. The fraction of sp³-hybridized carbons (Fsp3) is 0.389. The van der Waals surface area contributed by atoms with E-state index >= 15 is 0 Å². The minimum atomic E-state index is -3.75. The number of carbonyl (C=O) groups excluding carboxylic acids is 1. The molecule has 2 N–H and O–H groups in total. The smallest absolute Gasteiger partial charge is 0.256 e. The molecule has 5 rings (SSSR count). The molecule has 136 valence electrons. The van der Waals surface area contributed by atoms with Gasteiger partial charge in [-0.15, -0.1) is 0 Å². The van der Waals surface area contributed by atoms with Crippen molar-refractivity contribution in [1.82, 2.24) is 4.31 Å². The topological polar surface area (TPSA) is 95.9 Å². The Kier molecular flexibility index (Phi) is 3.28. The third-order valence-corrected chi connectivity index (χ3v) is 7.79. The first-order valence-corrected chi connectivity index (χ1v) is 9.96. The summed E-state index contributed by atoms with van der Waals surface area (Å²) in [5.74, 6) is -0.213. The molecule has 26 heavy (non-hydrogen) atoms. The SMILES string of the molecule is O=C1Nc2ccc(S(=O)(=O)N3C[C@H]4COC[C@@]4(CO)C3)c3cccc1c23.